The molecular formula is C17H22ClN3O. The zero-order valence-corrected chi connectivity index (χ0v) is 13.7. The molecule has 1 aliphatic carbocycles. The second-order valence-corrected chi connectivity index (χ2v) is 6.91. The summed E-state index contributed by atoms with van der Waals surface area (Å²) < 4.78 is 1.71. The Hall–Kier alpha value is -1.36. The summed E-state index contributed by atoms with van der Waals surface area (Å²) >= 11 is 5.92. The van der Waals surface area contributed by atoms with Gasteiger partial charge in [0.15, 0.2) is 0 Å². The second-order valence-electron chi connectivity index (χ2n) is 6.47. The Bertz CT molecular complexity index is 630. The van der Waals surface area contributed by atoms with E-state index in [9.17, 15) is 5.11 Å². The first-order valence-corrected chi connectivity index (χ1v) is 8.02. The Morgan fingerprint density at radius 3 is 2.64 bits per heavy atom. The van der Waals surface area contributed by atoms with Crippen molar-refractivity contribution in [2.24, 2.45) is 7.05 Å². The average molecular weight is 320 g/mol. The van der Waals surface area contributed by atoms with Gasteiger partial charge in [0.25, 0.3) is 0 Å². The predicted octanol–water partition coefficient (Wildman–Crippen LogP) is 2.82. The largest absolute Gasteiger partial charge is 0.384 e. The van der Waals surface area contributed by atoms with Gasteiger partial charge < -0.3 is 10.4 Å². The van der Waals surface area contributed by atoms with Gasteiger partial charge in [-0.25, -0.2) is 0 Å². The lowest BCUT2D eigenvalue weighted by Gasteiger charge is -2.38. The number of aromatic nitrogens is 2. The van der Waals surface area contributed by atoms with Crippen LogP contribution < -0.4 is 5.32 Å². The van der Waals surface area contributed by atoms with E-state index in [4.69, 9.17) is 11.6 Å². The maximum atomic E-state index is 10.6. The Morgan fingerprint density at radius 2 is 2.05 bits per heavy atom. The molecule has 3 rings (SSSR count). The van der Waals surface area contributed by atoms with Crippen molar-refractivity contribution >= 4 is 11.6 Å². The van der Waals surface area contributed by atoms with Gasteiger partial charge in [-0.3, -0.25) is 4.68 Å². The first-order valence-electron chi connectivity index (χ1n) is 7.64. The van der Waals surface area contributed by atoms with Crippen LogP contribution in [0.2, 0.25) is 5.02 Å². The molecule has 2 aromatic rings. The lowest BCUT2D eigenvalue weighted by molar-refractivity contribution is 0.0489. The van der Waals surface area contributed by atoms with Crippen molar-refractivity contribution in [3.05, 3.63) is 52.8 Å². The zero-order chi connectivity index (χ0) is 15.7. The molecule has 1 aromatic heterocycles. The first-order chi connectivity index (χ1) is 10.4. The van der Waals surface area contributed by atoms with E-state index >= 15 is 0 Å². The minimum Gasteiger partial charge on any atom is -0.384 e. The number of hydrogen-bond acceptors (Lipinski definition) is 3. The van der Waals surface area contributed by atoms with E-state index in [0.29, 0.717) is 18.5 Å². The van der Waals surface area contributed by atoms with Gasteiger partial charge in [-0.1, -0.05) is 23.7 Å². The van der Waals surface area contributed by atoms with Crippen LogP contribution in [0.5, 0.6) is 0 Å². The van der Waals surface area contributed by atoms with Gasteiger partial charge in [0.05, 0.1) is 6.20 Å². The zero-order valence-electron chi connectivity index (χ0n) is 13.0. The third kappa shape index (κ3) is 3.35. The fraction of sp³-hybridized carbons (Fsp3) is 0.471. The van der Waals surface area contributed by atoms with Crippen LogP contribution in [-0.4, -0.2) is 27.5 Å². The van der Waals surface area contributed by atoms with Crippen LogP contribution in [-0.2, 0) is 12.6 Å². The van der Waals surface area contributed by atoms with Crippen LogP contribution in [0.1, 0.15) is 36.8 Å². The number of benzene rings is 1. The number of rotatable bonds is 5. The molecule has 1 fully saturated rings. The summed E-state index contributed by atoms with van der Waals surface area (Å²) in [7, 11) is 1.86. The van der Waals surface area contributed by atoms with E-state index in [0.717, 1.165) is 23.4 Å². The number of aryl methyl sites for hydroxylation is 1. The number of nitrogens with zero attached hydrogens (tertiary/aromatic N) is 2. The molecule has 0 amide bonds. The number of nitrogens with one attached hydrogen (secondary N) is 1. The van der Waals surface area contributed by atoms with Crippen LogP contribution in [0.3, 0.4) is 0 Å². The van der Waals surface area contributed by atoms with Crippen molar-refractivity contribution in [1.29, 1.82) is 0 Å². The molecule has 1 heterocycles. The molecule has 1 atom stereocenters. The standard InChI is InChI=1S/C17H22ClN3O/c1-17(22,14-9-20-21(2)10-14)11-19-16-7-13(8-16)12-3-5-15(18)6-4-12/h3-6,9-10,13,16,19,22H,7-8,11H2,1-2H3. The van der Waals surface area contributed by atoms with E-state index in [2.05, 4.69) is 22.5 Å². The number of halogens is 1. The van der Waals surface area contributed by atoms with Crippen LogP contribution in [0.15, 0.2) is 36.7 Å². The Labute approximate surface area is 136 Å². The molecule has 1 aromatic carbocycles. The average Bonchev–Trinajstić information content (AvgIpc) is 2.86. The van der Waals surface area contributed by atoms with E-state index in [1.54, 1.807) is 10.9 Å². The van der Waals surface area contributed by atoms with Gasteiger partial charge in [0.1, 0.15) is 5.60 Å². The predicted molar refractivity (Wildman–Crippen MR) is 88.0 cm³/mol. The highest BCUT2D eigenvalue weighted by Crippen LogP contribution is 2.37. The lowest BCUT2D eigenvalue weighted by atomic mass is 9.75. The van der Waals surface area contributed by atoms with Crippen molar-refractivity contribution in [2.75, 3.05) is 6.54 Å². The quantitative estimate of drug-likeness (QED) is 0.891. The summed E-state index contributed by atoms with van der Waals surface area (Å²) in [5.41, 5.74) is 1.30. The van der Waals surface area contributed by atoms with Gasteiger partial charge >= 0.3 is 0 Å². The molecule has 1 saturated carbocycles. The topological polar surface area (TPSA) is 50.1 Å². The van der Waals surface area contributed by atoms with E-state index < -0.39 is 5.60 Å². The summed E-state index contributed by atoms with van der Waals surface area (Å²) in [4.78, 5) is 0. The number of aliphatic hydroxyl groups is 1. The maximum absolute atomic E-state index is 10.6. The molecule has 0 aliphatic heterocycles. The van der Waals surface area contributed by atoms with Gasteiger partial charge in [-0.05, 0) is 43.4 Å². The molecular weight excluding hydrogens is 298 g/mol. The minimum absolute atomic E-state index is 0.462. The molecule has 0 bridgehead atoms. The van der Waals surface area contributed by atoms with Crippen molar-refractivity contribution in [2.45, 2.75) is 37.3 Å². The molecule has 1 aliphatic rings. The summed E-state index contributed by atoms with van der Waals surface area (Å²) in [6.45, 7) is 2.36. The smallest absolute Gasteiger partial charge is 0.102 e. The van der Waals surface area contributed by atoms with E-state index in [1.807, 2.05) is 32.3 Å². The molecule has 1 unspecified atom stereocenters. The molecule has 0 saturated heterocycles. The van der Waals surface area contributed by atoms with Crippen molar-refractivity contribution in [3.8, 4) is 0 Å². The minimum atomic E-state index is -0.889. The van der Waals surface area contributed by atoms with Crippen LogP contribution in [0.4, 0.5) is 0 Å². The van der Waals surface area contributed by atoms with E-state index in [1.165, 1.54) is 5.56 Å². The van der Waals surface area contributed by atoms with Crippen molar-refractivity contribution in [1.82, 2.24) is 15.1 Å². The van der Waals surface area contributed by atoms with Crippen LogP contribution in [0, 0.1) is 0 Å². The summed E-state index contributed by atoms with van der Waals surface area (Å²) in [5.74, 6) is 0.595. The van der Waals surface area contributed by atoms with Crippen molar-refractivity contribution < 1.29 is 5.11 Å². The van der Waals surface area contributed by atoms with Gasteiger partial charge in [-0.15, -0.1) is 0 Å². The van der Waals surface area contributed by atoms with E-state index in [-0.39, 0.29) is 0 Å². The number of hydrogen-bond donors (Lipinski definition) is 2. The molecule has 4 nitrogen and oxygen atoms in total. The highest BCUT2D eigenvalue weighted by molar-refractivity contribution is 6.30. The fourth-order valence-corrected chi connectivity index (χ4v) is 3.06. The molecule has 118 valence electrons. The van der Waals surface area contributed by atoms with Crippen LogP contribution >= 0.6 is 11.6 Å². The SMILES string of the molecule is Cn1cc(C(C)(O)CNC2CC(c3ccc(Cl)cc3)C2)cn1. The van der Waals surface area contributed by atoms with Gasteiger partial charge in [0.2, 0.25) is 0 Å². The Balaban J connectivity index is 1.49. The molecule has 0 radical (unpaired) electrons. The summed E-state index contributed by atoms with van der Waals surface area (Å²) in [6, 6.07) is 8.57. The van der Waals surface area contributed by atoms with Crippen molar-refractivity contribution in [3.63, 3.8) is 0 Å². The highest BCUT2D eigenvalue weighted by Gasteiger charge is 2.32. The first kappa shape index (κ1) is 15.5. The summed E-state index contributed by atoms with van der Waals surface area (Å²) in [5, 5.41) is 18.9. The summed E-state index contributed by atoms with van der Waals surface area (Å²) in [6.07, 6.45) is 5.79. The Kier molecular flexibility index (Phi) is 4.26. The highest BCUT2D eigenvalue weighted by atomic mass is 35.5. The molecule has 0 spiro atoms. The normalized spacial score (nSPS) is 23.8. The monoisotopic (exact) mass is 319 g/mol. The second kappa shape index (κ2) is 6.03. The molecule has 2 N–H and O–H groups in total. The molecule has 5 heteroatoms. The van der Waals surface area contributed by atoms with Crippen LogP contribution in [0.25, 0.3) is 0 Å². The third-order valence-electron chi connectivity index (χ3n) is 4.54. The third-order valence-corrected chi connectivity index (χ3v) is 4.79. The Morgan fingerprint density at radius 1 is 1.36 bits per heavy atom. The maximum Gasteiger partial charge on any atom is 0.102 e. The van der Waals surface area contributed by atoms with Gasteiger partial charge in [0, 0.05) is 36.4 Å². The molecule has 22 heavy (non-hydrogen) atoms. The van der Waals surface area contributed by atoms with Gasteiger partial charge in [-0.2, -0.15) is 5.10 Å². The lowest BCUT2D eigenvalue weighted by Crippen LogP contribution is -2.46. The fourth-order valence-electron chi connectivity index (χ4n) is 2.94.